The van der Waals surface area contributed by atoms with E-state index in [0.29, 0.717) is 37.5 Å². The van der Waals surface area contributed by atoms with Gasteiger partial charge in [-0.2, -0.15) is 0 Å². The maximum absolute atomic E-state index is 12.0. The number of carbonyl (C=O) groups excluding carboxylic acids is 1. The molecular formula is C18H24N4O4S. The van der Waals surface area contributed by atoms with Gasteiger partial charge in [-0.05, 0) is 42.7 Å². The van der Waals surface area contributed by atoms with Gasteiger partial charge in [0.2, 0.25) is 10.0 Å². The summed E-state index contributed by atoms with van der Waals surface area (Å²) in [5, 5.41) is 11.0. The van der Waals surface area contributed by atoms with E-state index >= 15 is 0 Å². The van der Waals surface area contributed by atoms with Crippen molar-refractivity contribution in [1.82, 2.24) is 10.3 Å². The summed E-state index contributed by atoms with van der Waals surface area (Å²) in [6.45, 7) is 1.77. The first-order chi connectivity index (χ1) is 12.9. The molecule has 1 amide bonds. The molecule has 0 atom stereocenters. The van der Waals surface area contributed by atoms with E-state index in [4.69, 9.17) is 9.88 Å². The van der Waals surface area contributed by atoms with Gasteiger partial charge >= 0.3 is 0 Å². The average Bonchev–Trinajstić information content (AvgIpc) is 2.65. The van der Waals surface area contributed by atoms with E-state index in [-0.39, 0.29) is 10.8 Å². The fraction of sp³-hybridized carbons (Fsp3) is 0.333. The Labute approximate surface area is 159 Å². The lowest BCUT2D eigenvalue weighted by atomic mass is 10.1. The van der Waals surface area contributed by atoms with Crippen LogP contribution in [0.15, 0.2) is 47.5 Å². The Morgan fingerprint density at radius 3 is 2.48 bits per heavy atom. The predicted octanol–water partition coefficient (Wildman–Crippen LogP) is 1.15. The third-order valence-electron chi connectivity index (χ3n) is 3.81. The number of rotatable bonds is 10. The van der Waals surface area contributed by atoms with Gasteiger partial charge in [0.25, 0.3) is 5.91 Å². The van der Waals surface area contributed by atoms with Gasteiger partial charge in [0.15, 0.2) is 0 Å². The molecular weight excluding hydrogens is 368 g/mol. The van der Waals surface area contributed by atoms with Gasteiger partial charge in [0.1, 0.15) is 5.82 Å². The van der Waals surface area contributed by atoms with Gasteiger partial charge in [-0.15, -0.1) is 0 Å². The highest BCUT2D eigenvalue weighted by Gasteiger charge is 2.07. The summed E-state index contributed by atoms with van der Waals surface area (Å²) >= 11 is 0. The molecule has 2 rings (SSSR count). The van der Waals surface area contributed by atoms with E-state index in [1.54, 1.807) is 31.4 Å². The minimum Gasteiger partial charge on any atom is -0.385 e. The monoisotopic (exact) mass is 392 g/mol. The van der Waals surface area contributed by atoms with Crippen LogP contribution in [0.25, 0.3) is 0 Å². The van der Waals surface area contributed by atoms with Crippen molar-refractivity contribution in [2.75, 3.05) is 32.1 Å². The minimum absolute atomic E-state index is 0.0944. The van der Waals surface area contributed by atoms with Crippen LogP contribution in [-0.2, 0) is 21.2 Å². The van der Waals surface area contributed by atoms with Crippen molar-refractivity contribution in [3.8, 4) is 0 Å². The van der Waals surface area contributed by atoms with Gasteiger partial charge in [-0.1, -0.05) is 12.1 Å². The van der Waals surface area contributed by atoms with E-state index in [2.05, 4.69) is 15.6 Å². The van der Waals surface area contributed by atoms with Crippen molar-refractivity contribution in [1.29, 1.82) is 0 Å². The second kappa shape index (κ2) is 10.0. The lowest BCUT2D eigenvalue weighted by Crippen LogP contribution is -2.25. The van der Waals surface area contributed by atoms with Gasteiger partial charge in [0, 0.05) is 33.0 Å². The van der Waals surface area contributed by atoms with E-state index in [1.165, 1.54) is 18.3 Å². The highest BCUT2D eigenvalue weighted by Crippen LogP contribution is 2.10. The molecule has 1 aromatic carbocycles. The Bertz CT molecular complexity index is 837. The summed E-state index contributed by atoms with van der Waals surface area (Å²) in [4.78, 5) is 16.3. The molecule has 0 fully saturated rings. The van der Waals surface area contributed by atoms with Crippen LogP contribution in [0.5, 0.6) is 0 Å². The number of sulfonamides is 1. The van der Waals surface area contributed by atoms with Crippen LogP contribution in [0, 0.1) is 0 Å². The zero-order valence-corrected chi connectivity index (χ0v) is 16.0. The summed E-state index contributed by atoms with van der Waals surface area (Å²) < 4.78 is 27.4. The van der Waals surface area contributed by atoms with Crippen LogP contribution in [0.1, 0.15) is 22.3 Å². The largest absolute Gasteiger partial charge is 0.385 e. The van der Waals surface area contributed by atoms with Crippen molar-refractivity contribution in [2.45, 2.75) is 17.7 Å². The Balaban J connectivity index is 1.79. The van der Waals surface area contributed by atoms with E-state index < -0.39 is 10.0 Å². The fourth-order valence-corrected chi connectivity index (χ4v) is 2.85. The van der Waals surface area contributed by atoms with Gasteiger partial charge in [0.05, 0.1) is 10.5 Å². The lowest BCUT2D eigenvalue weighted by Gasteiger charge is -2.08. The third kappa shape index (κ3) is 6.97. The van der Waals surface area contributed by atoms with Crippen molar-refractivity contribution in [3.05, 3.63) is 53.7 Å². The van der Waals surface area contributed by atoms with Crippen LogP contribution >= 0.6 is 0 Å². The molecule has 0 radical (unpaired) electrons. The molecule has 146 valence electrons. The normalized spacial score (nSPS) is 11.2. The van der Waals surface area contributed by atoms with Crippen LogP contribution in [0.4, 0.5) is 5.82 Å². The number of nitrogens with zero attached hydrogens (tertiary/aromatic N) is 1. The van der Waals surface area contributed by atoms with Crippen molar-refractivity contribution < 1.29 is 17.9 Å². The highest BCUT2D eigenvalue weighted by atomic mass is 32.2. The second-order valence-corrected chi connectivity index (χ2v) is 7.46. The highest BCUT2D eigenvalue weighted by molar-refractivity contribution is 7.89. The van der Waals surface area contributed by atoms with Crippen molar-refractivity contribution in [2.24, 2.45) is 5.14 Å². The first-order valence-corrected chi connectivity index (χ1v) is 10.0. The molecule has 0 aliphatic carbocycles. The maximum atomic E-state index is 12.0. The molecule has 8 nitrogen and oxygen atoms in total. The Morgan fingerprint density at radius 2 is 1.89 bits per heavy atom. The molecule has 0 aliphatic rings. The minimum atomic E-state index is -3.67. The number of pyridine rings is 1. The summed E-state index contributed by atoms with van der Waals surface area (Å²) in [6, 6.07) is 9.89. The smallest absolute Gasteiger partial charge is 0.252 e. The van der Waals surface area contributed by atoms with Gasteiger partial charge < -0.3 is 15.4 Å². The number of amides is 1. The number of ether oxygens (including phenoxy) is 1. The van der Waals surface area contributed by atoms with Crippen molar-refractivity contribution >= 4 is 21.7 Å². The number of anilines is 1. The third-order valence-corrected chi connectivity index (χ3v) is 4.74. The predicted molar refractivity (Wildman–Crippen MR) is 103 cm³/mol. The summed E-state index contributed by atoms with van der Waals surface area (Å²) in [5.74, 6) is 0.493. The number of carbonyl (C=O) groups is 1. The molecule has 0 saturated carbocycles. The van der Waals surface area contributed by atoms with E-state index in [1.807, 2.05) is 0 Å². The number of aromatic nitrogens is 1. The molecule has 0 spiro atoms. The molecule has 0 saturated heterocycles. The molecule has 0 unspecified atom stereocenters. The zero-order valence-electron chi connectivity index (χ0n) is 15.1. The summed E-state index contributed by atoms with van der Waals surface area (Å²) in [6.07, 6.45) is 2.97. The van der Waals surface area contributed by atoms with Crippen LogP contribution < -0.4 is 15.8 Å². The Kier molecular flexibility index (Phi) is 7.71. The molecule has 9 heteroatoms. The molecule has 0 bridgehead atoms. The number of hydrogen-bond acceptors (Lipinski definition) is 6. The number of methoxy groups -OCH3 is 1. The Hall–Kier alpha value is -2.49. The van der Waals surface area contributed by atoms with E-state index in [0.717, 1.165) is 12.0 Å². The molecule has 0 aliphatic heterocycles. The molecule has 1 heterocycles. The molecule has 2 aromatic rings. The molecule has 4 N–H and O–H groups in total. The number of primary sulfonamides is 1. The molecule has 27 heavy (non-hydrogen) atoms. The second-order valence-electron chi connectivity index (χ2n) is 5.90. The standard InChI is InChI=1S/C18H24N4O4S/c1-26-12-2-10-21-18(23)15-5-8-17(22-13-15)20-11-9-14-3-6-16(7-4-14)27(19,24)25/h3-8,13H,2,9-12H2,1H3,(H,20,22)(H,21,23)(H2,19,24,25). The first kappa shape index (κ1) is 20.8. The summed E-state index contributed by atoms with van der Waals surface area (Å²) in [5.41, 5.74) is 1.47. The molecule has 1 aromatic heterocycles. The van der Waals surface area contributed by atoms with Crippen molar-refractivity contribution in [3.63, 3.8) is 0 Å². The van der Waals surface area contributed by atoms with Crippen LogP contribution in [-0.4, -0.2) is 46.1 Å². The first-order valence-electron chi connectivity index (χ1n) is 8.49. The number of benzene rings is 1. The fourth-order valence-electron chi connectivity index (χ4n) is 2.33. The van der Waals surface area contributed by atoms with Crippen LogP contribution in [0.3, 0.4) is 0 Å². The number of nitrogens with one attached hydrogen (secondary N) is 2. The quantitative estimate of drug-likeness (QED) is 0.521. The SMILES string of the molecule is COCCCNC(=O)c1ccc(NCCc2ccc(S(N)(=O)=O)cc2)nc1. The van der Waals surface area contributed by atoms with Gasteiger partial charge in [-0.25, -0.2) is 18.5 Å². The van der Waals surface area contributed by atoms with E-state index in [9.17, 15) is 13.2 Å². The topological polar surface area (TPSA) is 123 Å². The number of hydrogen-bond donors (Lipinski definition) is 3. The zero-order chi connectivity index (χ0) is 19.7. The van der Waals surface area contributed by atoms with Gasteiger partial charge in [-0.3, -0.25) is 4.79 Å². The summed E-state index contributed by atoms with van der Waals surface area (Å²) in [7, 11) is -2.05. The lowest BCUT2D eigenvalue weighted by molar-refractivity contribution is 0.0948. The maximum Gasteiger partial charge on any atom is 0.252 e. The Morgan fingerprint density at radius 1 is 1.15 bits per heavy atom. The average molecular weight is 392 g/mol. The number of nitrogens with two attached hydrogens (primary N) is 1. The van der Waals surface area contributed by atoms with Crippen LogP contribution in [0.2, 0.25) is 0 Å².